The molecule has 116 valence electrons. The molecule has 1 nitrogen and oxygen atoms in total. The molecule has 0 saturated carbocycles. The van der Waals surface area contributed by atoms with Crippen molar-refractivity contribution in [1.29, 1.82) is 0 Å². The lowest BCUT2D eigenvalue weighted by molar-refractivity contribution is -0.125. The maximum Gasteiger partial charge on any atom is 0.392 e. The predicted octanol–water partition coefficient (Wildman–Crippen LogP) is 5.36. The number of hydrogen-bond donors (Lipinski definition) is 0. The molecule has 1 aliphatic rings. The van der Waals surface area contributed by atoms with Crippen molar-refractivity contribution < 1.29 is 22.3 Å². The van der Waals surface area contributed by atoms with Crippen molar-refractivity contribution in [3.8, 4) is 0 Å². The first-order valence-electron chi connectivity index (χ1n) is 6.29. The Hall–Kier alpha value is -1.35. The molecule has 1 aliphatic carbocycles. The van der Waals surface area contributed by atoms with Gasteiger partial charge in [0.15, 0.2) is 5.76 Å². The van der Waals surface area contributed by atoms with Crippen LogP contribution in [0.4, 0.5) is 17.6 Å². The average molecular weight is 320 g/mol. The largest absolute Gasteiger partial charge is 0.483 e. The van der Waals surface area contributed by atoms with Gasteiger partial charge in [0, 0.05) is 11.7 Å². The molecule has 0 spiro atoms. The second kappa shape index (κ2) is 7.60. The minimum Gasteiger partial charge on any atom is -0.483 e. The fourth-order valence-corrected chi connectivity index (χ4v) is 2.06. The Bertz CT molecular complexity index is 508. The first-order valence-corrected chi connectivity index (χ1v) is 6.87. The van der Waals surface area contributed by atoms with Crippen LogP contribution in [0.2, 0.25) is 0 Å². The monoisotopic (exact) mass is 320 g/mol. The molecule has 0 heterocycles. The lowest BCUT2D eigenvalue weighted by Gasteiger charge is -2.20. The SMILES string of the molecule is C=CC1=CCC(OC(=C(/C)F)/C(P)=C\CC(F)(F)F)C=C1. The van der Waals surface area contributed by atoms with Crippen molar-refractivity contribution in [3.63, 3.8) is 0 Å². The molecule has 6 heteroatoms. The standard InChI is InChI=1S/C15H17F4OP/c1-3-11-4-6-12(7-5-11)20-14(10(2)16)13(21)8-9-15(17,18)19/h3-6,8,12H,1,7,9,21H2,2H3/b13-8+,14-10-. The number of halogens is 4. The Kier molecular flexibility index (Phi) is 6.41. The van der Waals surface area contributed by atoms with E-state index in [4.69, 9.17) is 4.74 Å². The summed E-state index contributed by atoms with van der Waals surface area (Å²) in [6.07, 6.45) is 2.56. The highest BCUT2D eigenvalue weighted by Gasteiger charge is 2.26. The zero-order valence-electron chi connectivity index (χ0n) is 11.6. The van der Waals surface area contributed by atoms with Gasteiger partial charge in [-0.25, -0.2) is 4.39 Å². The van der Waals surface area contributed by atoms with Crippen molar-refractivity contribution in [2.45, 2.75) is 32.0 Å². The van der Waals surface area contributed by atoms with E-state index >= 15 is 0 Å². The summed E-state index contributed by atoms with van der Waals surface area (Å²) in [5.74, 6) is -0.834. The second-order valence-electron chi connectivity index (χ2n) is 4.50. The Morgan fingerprint density at radius 2 is 2.19 bits per heavy atom. The molecule has 2 unspecified atom stereocenters. The summed E-state index contributed by atoms with van der Waals surface area (Å²) in [5.41, 5.74) is 0.927. The maximum absolute atomic E-state index is 13.5. The van der Waals surface area contributed by atoms with E-state index in [1.54, 1.807) is 18.2 Å². The van der Waals surface area contributed by atoms with Crippen molar-refractivity contribution in [2.75, 3.05) is 0 Å². The fourth-order valence-electron chi connectivity index (χ4n) is 1.67. The zero-order valence-corrected chi connectivity index (χ0v) is 12.7. The zero-order chi connectivity index (χ0) is 16.0. The van der Waals surface area contributed by atoms with E-state index < -0.39 is 24.5 Å². The third-order valence-corrected chi connectivity index (χ3v) is 3.22. The first-order chi connectivity index (χ1) is 9.73. The van der Waals surface area contributed by atoms with Crippen LogP contribution < -0.4 is 0 Å². The van der Waals surface area contributed by atoms with E-state index in [1.807, 2.05) is 6.08 Å². The van der Waals surface area contributed by atoms with Gasteiger partial charge >= 0.3 is 6.18 Å². The summed E-state index contributed by atoms with van der Waals surface area (Å²) in [4.78, 5) is 0. The van der Waals surface area contributed by atoms with Crippen LogP contribution in [0.15, 0.2) is 59.4 Å². The molecule has 2 atom stereocenters. The molecule has 0 aromatic carbocycles. The molecule has 21 heavy (non-hydrogen) atoms. The topological polar surface area (TPSA) is 9.23 Å². The molecular formula is C15H17F4OP. The van der Waals surface area contributed by atoms with Crippen LogP contribution in [-0.2, 0) is 4.74 Å². The van der Waals surface area contributed by atoms with Gasteiger partial charge < -0.3 is 4.74 Å². The van der Waals surface area contributed by atoms with Crippen molar-refractivity contribution in [2.24, 2.45) is 0 Å². The summed E-state index contributed by atoms with van der Waals surface area (Å²) in [7, 11) is 2.08. The molecule has 0 saturated heterocycles. The summed E-state index contributed by atoms with van der Waals surface area (Å²) in [5, 5.41) is 0.0548. The first kappa shape index (κ1) is 17.7. The van der Waals surface area contributed by atoms with Crippen LogP contribution in [-0.4, -0.2) is 12.3 Å². The molecule has 0 bridgehead atoms. The van der Waals surface area contributed by atoms with Gasteiger partial charge in [0.05, 0.1) is 6.42 Å². The van der Waals surface area contributed by atoms with E-state index in [9.17, 15) is 17.6 Å². The van der Waals surface area contributed by atoms with Crippen LogP contribution >= 0.6 is 9.24 Å². The van der Waals surface area contributed by atoms with E-state index in [2.05, 4.69) is 15.8 Å². The molecule has 0 aromatic rings. The number of rotatable bonds is 5. The van der Waals surface area contributed by atoms with Gasteiger partial charge in [0.25, 0.3) is 0 Å². The lowest BCUT2D eigenvalue weighted by atomic mass is 10.1. The smallest absolute Gasteiger partial charge is 0.392 e. The number of allylic oxidation sites excluding steroid dienone is 6. The fraction of sp³-hybridized carbons (Fsp3) is 0.333. The van der Waals surface area contributed by atoms with Gasteiger partial charge in [-0.3, -0.25) is 0 Å². The Morgan fingerprint density at radius 1 is 1.52 bits per heavy atom. The number of alkyl halides is 3. The van der Waals surface area contributed by atoms with Gasteiger partial charge in [-0.1, -0.05) is 30.9 Å². The normalized spacial score (nSPS) is 20.8. The van der Waals surface area contributed by atoms with E-state index in [0.29, 0.717) is 6.42 Å². The minimum absolute atomic E-state index is 0.0548. The number of ether oxygens (including phenoxy) is 1. The van der Waals surface area contributed by atoms with Crippen LogP contribution in [0.3, 0.4) is 0 Å². The molecule has 1 rings (SSSR count). The van der Waals surface area contributed by atoms with Crippen LogP contribution in [0.5, 0.6) is 0 Å². The second-order valence-corrected chi connectivity index (χ2v) is 5.12. The van der Waals surface area contributed by atoms with Crippen LogP contribution in [0.25, 0.3) is 0 Å². The van der Waals surface area contributed by atoms with Gasteiger partial charge in [-0.15, -0.1) is 9.24 Å². The third-order valence-electron chi connectivity index (χ3n) is 2.72. The molecule has 0 radical (unpaired) electrons. The highest BCUT2D eigenvalue weighted by molar-refractivity contribution is 7.23. The lowest BCUT2D eigenvalue weighted by Crippen LogP contribution is -2.12. The minimum atomic E-state index is -4.33. The van der Waals surface area contributed by atoms with E-state index in [1.165, 1.54) is 0 Å². The summed E-state index contributed by atoms with van der Waals surface area (Å²) in [6, 6.07) is 0. The van der Waals surface area contributed by atoms with Crippen molar-refractivity contribution in [3.05, 3.63) is 59.4 Å². The van der Waals surface area contributed by atoms with E-state index in [0.717, 1.165) is 18.6 Å². The Morgan fingerprint density at radius 3 is 2.62 bits per heavy atom. The van der Waals surface area contributed by atoms with Gasteiger partial charge in [-0.2, -0.15) is 13.2 Å². The average Bonchev–Trinajstić information content (AvgIpc) is 2.41. The van der Waals surface area contributed by atoms with Gasteiger partial charge in [-0.05, 0) is 18.6 Å². The highest BCUT2D eigenvalue weighted by Crippen LogP contribution is 2.30. The third kappa shape index (κ3) is 6.30. The summed E-state index contributed by atoms with van der Waals surface area (Å²) < 4.78 is 55.5. The van der Waals surface area contributed by atoms with Crippen molar-refractivity contribution in [1.82, 2.24) is 0 Å². The quantitative estimate of drug-likeness (QED) is 0.287. The Labute approximate surface area is 124 Å². The molecule has 0 N–H and O–H groups in total. The molecule has 0 aromatic heterocycles. The van der Waals surface area contributed by atoms with Crippen molar-refractivity contribution >= 4 is 9.24 Å². The molecular weight excluding hydrogens is 303 g/mol. The highest BCUT2D eigenvalue weighted by atomic mass is 31.0. The number of hydrogen-bond acceptors (Lipinski definition) is 1. The maximum atomic E-state index is 13.5. The Balaban J connectivity index is 2.77. The van der Waals surface area contributed by atoms with E-state index in [-0.39, 0.29) is 11.1 Å². The summed E-state index contributed by atoms with van der Waals surface area (Å²) in [6.45, 7) is 4.78. The predicted molar refractivity (Wildman–Crippen MR) is 79.2 cm³/mol. The molecule has 0 fully saturated rings. The molecule has 0 aliphatic heterocycles. The molecule has 0 amide bonds. The van der Waals surface area contributed by atoms with Gasteiger partial charge in [0.1, 0.15) is 11.9 Å². The van der Waals surface area contributed by atoms with Crippen LogP contribution in [0.1, 0.15) is 19.8 Å². The van der Waals surface area contributed by atoms with Crippen LogP contribution in [0, 0.1) is 0 Å². The summed E-state index contributed by atoms with van der Waals surface area (Å²) >= 11 is 0. The van der Waals surface area contributed by atoms with Gasteiger partial charge in [0.2, 0.25) is 0 Å².